The van der Waals surface area contributed by atoms with E-state index in [-0.39, 0.29) is 0 Å². The Morgan fingerprint density at radius 1 is 0.276 bits per heavy atom. The maximum Gasteiger partial charge on any atom is 0.294 e. The molecule has 116 heavy (non-hydrogen) atoms. The minimum Gasteiger partial charge on any atom is -0.225 e. The van der Waals surface area contributed by atoms with E-state index in [1.807, 2.05) is 0 Å². The minimum atomic E-state index is 0.408. The molecule has 6 heteroatoms. The fourth-order valence-corrected chi connectivity index (χ4v) is 19.8. The maximum atomic E-state index is 2.61. The molecule has 20 rings (SSSR count). The van der Waals surface area contributed by atoms with Crippen LogP contribution in [0.2, 0.25) is 0 Å². The van der Waals surface area contributed by atoms with Crippen molar-refractivity contribution < 1.29 is 13.7 Å². The molecule has 0 bridgehead atoms. The average Bonchev–Trinajstić information content (AvgIpc) is 1.58. The van der Waals surface area contributed by atoms with Gasteiger partial charge in [0.2, 0.25) is 0 Å². The number of aromatic nitrogens is 6. The van der Waals surface area contributed by atoms with Crippen LogP contribution in [0.5, 0.6) is 0 Å². The van der Waals surface area contributed by atoms with E-state index >= 15 is 0 Å². The Kier molecular flexibility index (Phi) is 21.7. The molecule has 2 fully saturated rings. The van der Waals surface area contributed by atoms with Crippen molar-refractivity contribution in [3.63, 3.8) is 0 Å². The summed E-state index contributed by atoms with van der Waals surface area (Å²) in [6, 6.07) is 101. The summed E-state index contributed by atoms with van der Waals surface area (Å²) in [4.78, 5) is 0. The van der Waals surface area contributed by atoms with Crippen molar-refractivity contribution in [1.29, 1.82) is 0 Å². The topological polar surface area (TPSA) is 26.4 Å². The fourth-order valence-electron chi connectivity index (χ4n) is 19.8. The van der Waals surface area contributed by atoms with E-state index in [4.69, 9.17) is 0 Å². The number of fused-ring (bicyclic) bond motifs is 9. The summed E-state index contributed by atoms with van der Waals surface area (Å²) < 4.78 is 14.9. The molecule has 6 heterocycles. The molecule has 5 aliphatic rings. The molecular formula is C110H111N6+3. The predicted octanol–water partition coefficient (Wildman–Crippen LogP) is 27.1. The van der Waals surface area contributed by atoms with Crippen LogP contribution in [-0.2, 0) is 32.5 Å². The molecule has 578 valence electrons. The Morgan fingerprint density at radius 3 is 0.871 bits per heavy atom. The van der Waals surface area contributed by atoms with Gasteiger partial charge in [-0.1, -0.05) is 294 Å². The van der Waals surface area contributed by atoms with Crippen molar-refractivity contribution in [2.24, 2.45) is 11.8 Å². The van der Waals surface area contributed by atoms with Gasteiger partial charge in [-0.15, -0.1) is 0 Å². The molecule has 6 nitrogen and oxygen atoms in total. The van der Waals surface area contributed by atoms with Crippen LogP contribution < -0.4 is 13.7 Å². The van der Waals surface area contributed by atoms with Gasteiger partial charge in [-0.3, -0.25) is 0 Å². The van der Waals surface area contributed by atoms with E-state index in [0.717, 1.165) is 32.5 Å². The number of nitrogens with zero attached hydrogens (tertiary/aromatic N) is 6. The first-order valence-electron chi connectivity index (χ1n) is 43.4. The second-order valence-corrected chi connectivity index (χ2v) is 35.0. The van der Waals surface area contributed by atoms with Gasteiger partial charge in [-0.25, -0.2) is 13.7 Å². The number of hydrogen-bond donors (Lipinski definition) is 0. The highest BCUT2D eigenvalue weighted by molar-refractivity contribution is 5.79. The first-order valence-corrected chi connectivity index (χ1v) is 43.4. The molecule has 0 atom stereocenters. The highest BCUT2D eigenvalue weighted by Gasteiger charge is 2.39. The largest absolute Gasteiger partial charge is 0.294 e. The van der Waals surface area contributed by atoms with Gasteiger partial charge < -0.3 is 0 Å². The lowest BCUT2D eigenvalue weighted by molar-refractivity contribution is -0.671. The summed E-state index contributed by atoms with van der Waals surface area (Å²) in [7, 11) is 0. The molecule has 0 saturated heterocycles. The van der Waals surface area contributed by atoms with E-state index in [9.17, 15) is 0 Å². The molecule has 3 aliphatic heterocycles. The highest BCUT2D eigenvalue weighted by atomic mass is 15.2. The lowest BCUT2D eigenvalue weighted by Gasteiger charge is -2.29. The van der Waals surface area contributed by atoms with E-state index in [1.165, 1.54) is 221 Å². The number of rotatable bonds is 17. The monoisotopic (exact) mass is 1520 g/mol. The van der Waals surface area contributed by atoms with Crippen LogP contribution in [0.15, 0.2) is 310 Å². The molecule has 0 radical (unpaired) electrons. The molecule has 0 N–H and O–H groups in total. The first kappa shape index (κ1) is 75.6. The van der Waals surface area contributed by atoms with E-state index < -0.39 is 0 Å². The van der Waals surface area contributed by atoms with Gasteiger partial charge in [-0.2, -0.15) is 13.7 Å². The van der Waals surface area contributed by atoms with E-state index in [0.29, 0.717) is 35.5 Å². The number of benzene rings is 12. The Balaban J connectivity index is 0.000000121. The van der Waals surface area contributed by atoms with Crippen LogP contribution in [0.1, 0.15) is 193 Å². The average molecular weight is 1520 g/mol. The first-order chi connectivity index (χ1) is 56.8. The smallest absolute Gasteiger partial charge is 0.225 e. The third-order valence-corrected chi connectivity index (χ3v) is 25.3. The summed E-state index contributed by atoms with van der Waals surface area (Å²) in [5, 5.41) is 0. The van der Waals surface area contributed by atoms with Crippen molar-refractivity contribution in [2.75, 3.05) is 0 Å². The number of imidazole rings is 3. The number of hydrogen-bond acceptors (Lipinski definition) is 0. The second kappa shape index (κ2) is 33.2. The van der Waals surface area contributed by atoms with Crippen LogP contribution in [-0.4, -0.2) is 13.7 Å². The SMILES string of the molecule is CC(C)Cc1cc(-c2ccccc2)cc(CC(C)C)c1-n1cc[n+]2c1-c1ccc(-c3ccccc3)cc1C2.CC(C)c1cc(-c2ccccc2)cc(C(C)C)c1-n1cc[n+]2c1-c1ccc(-c3ccccc3)cc1C2.c1ccc(-c2ccc3c(c2)C[n+]2ccn(-c4c(C5CCCCC5)cc(-c5ccccc5)cc4C4CCCCC4)c2-3)cc1. The van der Waals surface area contributed by atoms with Gasteiger partial charge in [0.25, 0.3) is 17.5 Å². The van der Waals surface area contributed by atoms with Crippen LogP contribution in [0.4, 0.5) is 0 Å². The third-order valence-electron chi connectivity index (χ3n) is 25.3. The van der Waals surface area contributed by atoms with Gasteiger partial charge in [-0.05, 0) is 214 Å². The molecule has 0 unspecified atom stereocenters. The molecule has 3 aromatic heterocycles. The van der Waals surface area contributed by atoms with Crippen molar-refractivity contribution in [3.8, 4) is 118 Å². The molecule has 0 amide bonds. The molecule has 0 spiro atoms. The second-order valence-electron chi connectivity index (χ2n) is 35.0. The van der Waals surface area contributed by atoms with Crippen molar-refractivity contribution in [3.05, 3.63) is 360 Å². The summed E-state index contributed by atoms with van der Waals surface area (Å²) in [6.45, 7) is 21.3. The molecule has 2 aliphatic carbocycles. The standard InChI is InChI=1S/C40H41N2.C36H37N2.C34H33N2/c1-5-13-29(14-6-1)33-21-22-36-35(25-33)28-41-23-24-42(40(36)41)39-37(31-17-9-3-10-18-31)26-34(30-15-7-2-8-16-30)27-38(39)32-19-11-4-12-20-32;1-25(2)19-31-22-30(28-13-9-6-10-14-28)23-32(20-26(3)4)35(31)38-18-17-37-24-33-21-29(15-16-34(33)36(37)38)27-11-7-5-8-12-27;1-23(2)31-20-28(26-13-9-6-10-14-26)21-32(24(3)4)33(31)36-18-17-35-22-29-19-27(15-16-30(29)34(35)36)25-11-7-5-8-12-25/h1-2,5-8,13-16,21-27,31-32H,3-4,9-12,17-20,28H2;5-18,21-23,25-26H,19-20,24H2,1-4H3;5-21,23-24H,22H2,1-4H3/q3*+1. The highest BCUT2D eigenvalue weighted by Crippen LogP contribution is 2.48. The molecule has 2 saturated carbocycles. The van der Waals surface area contributed by atoms with Crippen LogP contribution in [0.3, 0.4) is 0 Å². The van der Waals surface area contributed by atoms with Crippen LogP contribution in [0.25, 0.3) is 118 Å². The lowest BCUT2D eigenvalue weighted by Crippen LogP contribution is -2.30. The Labute approximate surface area is 688 Å². The van der Waals surface area contributed by atoms with Gasteiger partial charge in [0, 0.05) is 50.1 Å². The minimum absolute atomic E-state index is 0.408. The van der Waals surface area contributed by atoms with Crippen LogP contribution >= 0.6 is 0 Å². The molecule has 15 aromatic rings. The fraction of sp³-hybridized carbons (Fsp3) is 0.264. The van der Waals surface area contributed by atoms with Gasteiger partial charge >= 0.3 is 0 Å². The van der Waals surface area contributed by atoms with Crippen LogP contribution in [0, 0.1) is 11.8 Å². The van der Waals surface area contributed by atoms with Crippen molar-refractivity contribution >= 4 is 0 Å². The summed E-state index contributed by atoms with van der Waals surface area (Å²) in [5.74, 6) is 7.14. The summed E-state index contributed by atoms with van der Waals surface area (Å²) in [6.07, 6.45) is 29.3. The molecular weight excluding hydrogens is 1410 g/mol. The zero-order valence-corrected chi connectivity index (χ0v) is 69.2. The third kappa shape index (κ3) is 15.2. The van der Waals surface area contributed by atoms with E-state index in [1.54, 1.807) is 11.1 Å². The van der Waals surface area contributed by atoms with Gasteiger partial charge in [0.05, 0.1) is 16.7 Å². The Bertz CT molecular complexity index is 5880. The van der Waals surface area contributed by atoms with E-state index in [2.05, 4.69) is 393 Å². The quantitative estimate of drug-likeness (QED) is 0.0813. The lowest BCUT2D eigenvalue weighted by atomic mass is 9.77. The molecule has 12 aromatic carbocycles. The zero-order valence-electron chi connectivity index (χ0n) is 69.2. The Hall–Kier alpha value is -11.7. The van der Waals surface area contributed by atoms with Crippen molar-refractivity contribution in [1.82, 2.24) is 13.7 Å². The normalized spacial score (nSPS) is 14.1. The summed E-state index contributed by atoms with van der Waals surface area (Å²) in [5.41, 5.74) is 37.0. The van der Waals surface area contributed by atoms with Gasteiger partial charge in [0.1, 0.15) is 73.9 Å². The van der Waals surface area contributed by atoms with Crippen molar-refractivity contribution in [2.45, 2.75) is 176 Å². The zero-order chi connectivity index (χ0) is 78.9. The van der Waals surface area contributed by atoms with Gasteiger partial charge in [0.15, 0.2) is 0 Å². The summed E-state index contributed by atoms with van der Waals surface area (Å²) >= 11 is 0. The predicted molar refractivity (Wildman–Crippen MR) is 481 cm³/mol. The maximum absolute atomic E-state index is 2.61. The Morgan fingerprint density at radius 2 is 0.560 bits per heavy atom.